The minimum atomic E-state index is -0.0863. The van der Waals surface area contributed by atoms with Gasteiger partial charge in [0.05, 0.1) is 0 Å². The third-order valence-corrected chi connectivity index (χ3v) is 11.5. The van der Waals surface area contributed by atoms with Gasteiger partial charge in [-0.25, -0.2) is 0 Å². The van der Waals surface area contributed by atoms with E-state index in [-0.39, 0.29) is 5.41 Å². The summed E-state index contributed by atoms with van der Waals surface area (Å²) >= 11 is 0. The van der Waals surface area contributed by atoms with E-state index in [0.29, 0.717) is 0 Å². The Morgan fingerprint density at radius 2 is 0.736 bits per heavy atom. The van der Waals surface area contributed by atoms with Gasteiger partial charge >= 0.3 is 0 Å². The van der Waals surface area contributed by atoms with Gasteiger partial charge < -0.3 is 0 Å². The Labute approximate surface area is 311 Å². The Morgan fingerprint density at radius 1 is 0.264 bits per heavy atom. The molecule has 0 spiro atoms. The molecule has 10 rings (SSSR count). The molecular formula is C53H38. The number of benzene rings is 9. The Morgan fingerprint density at radius 3 is 1.42 bits per heavy atom. The van der Waals surface area contributed by atoms with E-state index in [1.807, 2.05) is 0 Å². The smallest absolute Gasteiger partial charge is 0.0159 e. The zero-order valence-electron chi connectivity index (χ0n) is 30.0. The molecule has 0 bridgehead atoms. The molecule has 9 aromatic rings. The summed E-state index contributed by atoms with van der Waals surface area (Å²) in [5.74, 6) is 0. The van der Waals surface area contributed by atoms with E-state index < -0.39 is 0 Å². The van der Waals surface area contributed by atoms with E-state index in [1.165, 1.54) is 99.4 Å². The van der Waals surface area contributed by atoms with Crippen LogP contribution in [0.25, 0.3) is 88.3 Å². The zero-order chi connectivity index (χ0) is 35.5. The highest BCUT2D eigenvalue weighted by Crippen LogP contribution is 2.52. The number of hydrogen-bond donors (Lipinski definition) is 0. The second kappa shape index (κ2) is 12.3. The van der Waals surface area contributed by atoms with E-state index in [2.05, 4.69) is 208 Å². The third-order valence-electron chi connectivity index (χ3n) is 11.5. The first-order valence-electron chi connectivity index (χ1n) is 18.6. The molecule has 1 aliphatic carbocycles. The maximum Gasteiger partial charge on any atom is 0.0159 e. The van der Waals surface area contributed by atoms with Gasteiger partial charge in [-0.15, -0.1) is 0 Å². The van der Waals surface area contributed by atoms with E-state index in [0.717, 1.165) is 0 Å². The molecule has 0 saturated heterocycles. The summed E-state index contributed by atoms with van der Waals surface area (Å²) in [6.45, 7) is 4.75. The molecule has 0 nitrogen and oxygen atoms in total. The van der Waals surface area contributed by atoms with Gasteiger partial charge in [-0.1, -0.05) is 190 Å². The fraction of sp³-hybridized carbons (Fsp3) is 0.0566. The SMILES string of the molecule is CC1(C)c2ccccc2-c2ccc(-c3c4ccccc4c(-c4ccc(-c5ccccc5)c(-c5ccccc5)c4)c4ccc(-c5ccccc5)cc34)cc21. The summed E-state index contributed by atoms with van der Waals surface area (Å²) in [5.41, 5.74) is 17.8. The second-order valence-electron chi connectivity index (χ2n) is 14.8. The van der Waals surface area contributed by atoms with Crippen LogP contribution in [0.5, 0.6) is 0 Å². The first kappa shape index (κ1) is 31.3. The van der Waals surface area contributed by atoms with Crippen molar-refractivity contribution >= 4 is 21.5 Å². The highest BCUT2D eigenvalue weighted by molar-refractivity contribution is 6.22. The highest BCUT2D eigenvalue weighted by atomic mass is 14.4. The van der Waals surface area contributed by atoms with Gasteiger partial charge in [0.1, 0.15) is 0 Å². The van der Waals surface area contributed by atoms with E-state index in [1.54, 1.807) is 0 Å². The molecule has 0 saturated carbocycles. The monoisotopic (exact) mass is 674 g/mol. The second-order valence-corrected chi connectivity index (χ2v) is 14.8. The van der Waals surface area contributed by atoms with Gasteiger partial charge in [0.15, 0.2) is 0 Å². The van der Waals surface area contributed by atoms with Crippen LogP contribution in [0.1, 0.15) is 25.0 Å². The molecule has 0 N–H and O–H groups in total. The molecule has 0 heteroatoms. The van der Waals surface area contributed by atoms with Gasteiger partial charge in [-0.2, -0.15) is 0 Å². The molecular weight excluding hydrogens is 637 g/mol. The number of hydrogen-bond acceptors (Lipinski definition) is 0. The quantitative estimate of drug-likeness (QED) is 0.159. The summed E-state index contributed by atoms with van der Waals surface area (Å²) in [5, 5.41) is 5.05. The lowest BCUT2D eigenvalue weighted by Gasteiger charge is -2.23. The molecule has 1 aliphatic rings. The molecule has 0 aliphatic heterocycles. The van der Waals surface area contributed by atoms with Crippen LogP contribution in [0, 0.1) is 0 Å². The lowest BCUT2D eigenvalue weighted by atomic mass is 9.80. The van der Waals surface area contributed by atoms with E-state index >= 15 is 0 Å². The average molecular weight is 675 g/mol. The van der Waals surface area contributed by atoms with Gasteiger partial charge in [0.25, 0.3) is 0 Å². The lowest BCUT2D eigenvalue weighted by Crippen LogP contribution is -2.14. The molecule has 9 aromatic carbocycles. The van der Waals surface area contributed by atoms with Crippen LogP contribution in [-0.2, 0) is 5.41 Å². The van der Waals surface area contributed by atoms with Crippen molar-refractivity contribution in [3.05, 3.63) is 205 Å². The van der Waals surface area contributed by atoms with Crippen molar-refractivity contribution in [1.82, 2.24) is 0 Å². The van der Waals surface area contributed by atoms with Crippen LogP contribution >= 0.6 is 0 Å². The Hall–Kier alpha value is -6.50. The largest absolute Gasteiger partial charge is 0.0622 e. The van der Waals surface area contributed by atoms with Crippen LogP contribution in [0.4, 0.5) is 0 Å². The topological polar surface area (TPSA) is 0 Å². The van der Waals surface area contributed by atoms with Crippen LogP contribution in [0.3, 0.4) is 0 Å². The molecule has 250 valence electrons. The fourth-order valence-corrected chi connectivity index (χ4v) is 8.90. The highest BCUT2D eigenvalue weighted by Gasteiger charge is 2.35. The standard InChI is InChI=1S/C53H38/c1-53(2)49-25-15-14-22-42(49)43-30-28-40(34-50(43)53)52-45-24-13-12-23-44(45)51(46-31-26-38(32-48(46)52)35-16-6-3-7-17-35)39-27-29-41(36-18-8-4-9-19-36)47(33-39)37-20-10-5-11-21-37/h3-34H,1-2H3. The van der Waals surface area contributed by atoms with Crippen LogP contribution < -0.4 is 0 Å². The van der Waals surface area contributed by atoms with Gasteiger partial charge in [-0.3, -0.25) is 0 Å². The van der Waals surface area contributed by atoms with Crippen molar-refractivity contribution in [3.8, 4) is 66.8 Å². The molecule has 0 fully saturated rings. The Balaban J connectivity index is 1.28. The van der Waals surface area contributed by atoms with Crippen LogP contribution in [0.2, 0.25) is 0 Å². The molecule has 0 amide bonds. The van der Waals surface area contributed by atoms with Crippen molar-refractivity contribution in [2.75, 3.05) is 0 Å². The molecule has 0 atom stereocenters. The molecule has 53 heavy (non-hydrogen) atoms. The predicted octanol–water partition coefficient (Wildman–Crippen LogP) is 14.6. The number of fused-ring (bicyclic) bond motifs is 5. The summed E-state index contributed by atoms with van der Waals surface area (Å²) in [7, 11) is 0. The molecule has 0 aromatic heterocycles. The maximum atomic E-state index is 2.48. The summed E-state index contributed by atoms with van der Waals surface area (Å²) < 4.78 is 0. The average Bonchev–Trinajstić information content (AvgIpc) is 3.45. The third kappa shape index (κ3) is 5.06. The van der Waals surface area contributed by atoms with E-state index in [9.17, 15) is 0 Å². The van der Waals surface area contributed by atoms with Crippen molar-refractivity contribution in [2.45, 2.75) is 19.3 Å². The normalized spacial score (nSPS) is 12.9. The molecule has 0 radical (unpaired) electrons. The van der Waals surface area contributed by atoms with Crippen molar-refractivity contribution < 1.29 is 0 Å². The Kier molecular flexibility index (Phi) is 7.27. The minimum absolute atomic E-state index is 0.0863. The first-order chi connectivity index (χ1) is 26.1. The zero-order valence-corrected chi connectivity index (χ0v) is 30.0. The first-order valence-corrected chi connectivity index (χ1v) is 18.6. The van der Waals surface area contributed by atoms with Gasteiger partial charge in [-0.05, 0) is 118 Å². The fourth-order valence-electron chi connectivity index (χ4n) is 8.90. The van der Waals surface area contributed by atoms with Crippen molar-refractivity contribution in [1.29, 1.82) is 0 Å². The molecule has 0 unspecified atom stereocenters. The summed E-state index contributed by atoms with van der Waals surface area (Å²) in [4.78, 5) is 0. The minimum Gasteiger partial charge on any atom is -0.0622 e. The summed E-state index contributed by atoms with van der Waals surface area (Å²) in [6, 6.07) is 71.7. The maximum absolute atomic E-state index is 2.48. The van der Waals surface area contributed by atoms with Crippen molar-refractivity contribution in [3.63, 3.8) is 0 Å². The van der Waals surface area contributed by atoms with E-state index in [4.69, 9.17) is 0 Å². The summed E-state index contributed by atoms with van der Waals surface area (Å²) in [6.07, 6.45) is 0. The molecule has 0 heterocycles. The number of rotatable bonds is 5. The van der Waals surface area contributed by atoms with Crippen molar-refractivity contribution in [2.24, 2.45) is 0 Å². The predicted molar refractivity (Wildman–Crippen MR) is 226 cm³/mol. The van der Waals surface area contributed by atoms with Crippen LogP contribution in [0.15, 0.2) is 194 Å². The van der Waals surface area contributed by atoms with Gasteiger partial charge in [0.2, 0.25) is 0 Å². The van der Waals surface area contributed by atoms with Gasteiger partial charge in [0, 0.05) is 5.41 Å². The Bertz CT molecular complexity index is 2820. The van der Waals surface area contributed by atoms with Crippen LogP contribution in [-0.4, -0.2) is 0 Å². The lowest BCUT2D eigenvalue weighted by molar-refractivity contribution is 0.660.